The molecule has 2 heterocycles. The number of fused-ring (bicyclic) bond motifs is 3. The maximum absolute atomic E-state index is 12.0. The van der Waals surface area contributed by atoms with Crippen molar-refractivity contribution >= 4 is 29.0 Å². The number of amides is 1. The molecule has 0 aliphatic carbocycles. The third-order valence-corrected chi connectivity index (χ3v) is 4.17. The van der Waals surface area contributed by atoms with Gasteiger partial charge in [-0.3, -0.25) is 4.79 Å². The third kappa shape index (κ3) is 1.56. The van der Waals surface area contributed by atoms with Gasteiger partial charge in [-0.25, -0.2) is 0 Å². The molecular weight excluding hydrogens is 234 g/mol. The predicted molar refractivity (Wildman–Crippen MR) is 68.2 cm³/mol. The van der Waals surface area contributed by atoms with Crippen molar-refractivity contribution in [1.82, 2.24) is 0 Å². The molecule has 1 atom stereocenters. The fraction of sp³-hybridized carbons (Fsp3) is 0.333. The molecule has 0 bridgehead atoms. The molecule has 5 heteroatoms. The highest BCUT2D eigenvalue weighted by Gasteiger charge is 2.35. The van der Waals surface area contributed by atoms with Crippen LogP contribution in [-0.4, -0.2) is 30.0 Å². The van der Waals surface area contributed by atoms with Crippen LogP contribution in [0.4, 0.5) is 11.4 Å². The van der Waals surface area contributed by atoms with Gasteiger partial charge in [0.1, 0.15) is 12.1 Å². The zero-order valence-corrected chi connectivity index (χ0v) is 9.96. The summed E-state index contributed by atoms with van der Waals surface area (Å²) in [6.45, 7) is 0.866. The molecule has 0 aromatic heterocycles. The van der Waals surface area contributed by atoms with Crippen molar-refractivity contribution < 1.29 is 4.79 Å². The number of carbonyl (C=O) groups excluding carboxylic acids is 1. The molecule has 3 rings (SSSR count). The standard InChI is InChI=1S/C12H11N3OS/c13-6-8-2-1-3-9-11(8)14-12(16)10-7-17-5-4-15(9)10/h1-3,10H,4-5,7H2,(H,14,16). The van der Waals surface area contributed by atoms with Gasteiger partial charge in [-0.2, -0.15) is 17.0 Å². The molecule has 86 valence electrons. The van der Waals surface area contributed by atoms with Crippen LogP contribution in [0.2, 0.25) is 0 Å². The summed E-state index contributed by atoms with van der Waals surface area (Å²) in [7, 11) is 0. The summed E-state index contributed by atoms with van der Waals surface area (Å²) in [5, 5.41) is 11.9. The summed E-state index contributed by atoms with van der Waals surface area (Å²) in [5.41, 5.74) is 2.18. The lowest BCUT2D eigenvalue weighted by atomic mass is 10.1. The van der Waals surface area contributed by atoms with E-state index in [1.807, 2.05) is 12.1 Å². The second kappa shape index (κ2) is 3.97. The highest BCUT2D eigenvalue weighted by Crippen LogP contribution is 2.37. The summed E-state index contributed by atoms with van der Waals surface area (Å²) in [5.74, 6) is 1.86. The lowest BCUT2D eigenvalue weighted by molar-refractivity contribution is -0.117. The number of anilines is 2. The summed E-state index contributed by atoms with van der Waals surface area (Å²) in [6, 6.07) is 7.61. The van der Waals surface area contributed by atoms with E-state index in [-0.39, 0.29) is 11.9 Å². The summed E-state index contributed by atoms with van der Waals surface area (Å²) in [6.07, 6.45) is 0. The van der Waals surface area contributed by atoms with Crippen LogP contribution in [0.5, 0.6) is 0 Å². The molecule has 2 aliphatic rings. The second-order valence-corrected chi connectivity index (χ2v) is 5.23. The first-order chi connectivity index (χ1) is 8.31. The highest BCUT2D eigenvalue weighted by molar-refractivity contribution is 7.99. The van der Waals surface area contributed by atoms with Crippen LogP contribution in [0, 0.1) is 11.3 Å². The van der Waals surface area contributed by atoms with E-state index in [1.165, 1.54) is 0 Å². The van der Waals surface area contributed by atoms with Crippen LogP contribution in [-0.2, 0) is 4.79 Å². The van der Waals surface area contributed by atoms with E-state index in [2.05, 4.69) is 16.3 Å². The molecule has 1 fully saturated rings. The van der Waals surface area contributed by atoms with Crippen molar-refractivity contribution in [2.75, 3.05) is 28.3 Å². The van der Waals surface area contributed by atoms with E-state index >= 15 is 0 Å². The van der Waals surface area contributed by atoms with Crippen molar-refractivity contribution in [2.45, 2.75) is 6.04 Å². The van der Waals surface area contributed by atoms with E-state index in [1.54, 1.807) is 17.8 Å². The van der Waals surface area contributed by atoms with Gasteiger partial charge in [0.05, 0.1) is 16.9 Å². The summed E-state index contributed by atoms with van der Waals surface area (Å²) in [4.78, 5) is 14.1. The number of hydrogen-bond donors (Lipinski definition) is 1. The zero-order chi connectivity index (χ0) is 11.8. The van der Waals surface area contributed by atoms with Gasteiger partial charge in [0.2, 0.25) is 5.91 Å². The van der Waals surface area contributed by atoms with Gasteiger partial charge in [0.15, 0.2) is 0 Å². The molecule has 1 saturated heterocycles. The molecule has 0 spiro atoms. The van der Waals surface area contributed by atoms with Crippen LogP contribution in [0.15, 0.2) is 18.2 Å². The Morgan fingerprint density at radius 2 is 2.41 bits per heavy atom. The number of hydrogen-bond acceptors (Lipinski definition) is 4. The van der Waals surface area contributed by atoms with E-state index in [0.29, 0.717) is 11.3 Å². The third-order valence-electron chi connectivity index (χ3n) is 3.15. The normalized spacial score (nSPS) is 22.2. The smallest absolute Gasteiger partial charge is 0.248 e. The molecular formula is C12H11N3OS. The lowest BCUT2D eigenvalue weighted by Gasteiger charge is -2.40. The molecule has 1 aromatic rings. The number of nitriles is 1. The fourth-order valence-electron chi connectivity index (χ4n) is 2.32. The Morgan fingerprint density at radius 3 is 3.24 bits per heavy atom. The molecule has 2 aliphatic heterocycles. The number of carbonyl (C=O) groups is 1. The molecule has 17 heavy (non-hydrogen) atoms. The molecule has 1 N–H and O–H groups in total. The van der Waals surface area contributed by atoms with Gasteiger partial charge >= 0.3 is 0 Å². The minimum Gasteiger partial charge on any atom is -0.356 e. The van der Waals surface area contributed by atoms with Crippen molar-refractivity contribution in [3.05, 3.63) is 23.8 Å². The summed E-state index contributed by atoms with van der Waals surface area (Å²) < 4.78 is 0. The Morgan fingerprint density at radius 1 is 1.53 bits per heavy atom. The zero-order valence-electron chi connectivity index (χ0n) is 9.14. The average molecular weight is 245 g/mol. The molecule has 1 aromatic carbocycles. The Bertz CT molecular complexity index is 523. The highest BCUT2D eigenvalue weighted by atomic mass is 32.2. The predicted octanol–water partition coefficient (Wildman–Crippen LogP) is 1.43. The van der Waals surface area contributed by atoms with Gasteiger partial charge in [0.25, 0.3) is 0 Å². The Balaban J connectivity index is 2.12. The monoisotopic (exact) mass is 245 g/mol. The Hall–Kier alpha value is -1.67. The first kappa shape index (κ1) is 10.5. The first-order valence-corrected chi connectivity index (χ1v) is 6.65. The minimum atomic E-state index is -0.0878. The molecule has 4 nitrogen and oxygen atoms in total. The number of benzene rings is 1. The molecule has 1 unspecified atom stereocenters. The van der Waals surface area contributed by atoms with Crippen molar-refractivity contribution in [2.24, 2.45) is 0 Å². The van der Waals surface area contributed by atoms with Crippen molar-refractivity contribution in [3.8, 4) is 6.07 Å². The quantitative estimate of drug-likeness (QED) is 0.751. The first-order valence-electron chi connectivity index (χ1n) is 5.49. The van der Waals surface area contributed by atoms with Crippen LogP contribution in [0.1, 0.15) is 5.56 Å². The molecule has 1 amide bonds. The number of thioether (sulfide) groups is 1. The second-order valence-electron chi connectivity index (χ2n) is 4.08. The van der Waals surface area contributed by atoms with Crippen LogP contribution >= 0.6 is 11.8 Å². The van der Waals surface area contributed by atoms with Gasteiger partial charge in [-0.05, 0) is 12.1 Å². The van der Waals surface area contributed by atoms with E-state index in [0.717, 1.165) is 23.7 Å². The van der Waals surface area contributed by atoms with Gasteiger partial charge < -0.3 is 10.2 Å². The largest absolute Gasteiger partial charge is 0.356 e. The Kier molecular flexibility index (Phi) is 2.45. The van der Waals surface area contributed by atoms with Gasteiger partial charge in [-0.1, -0.05) is 6.07 Å². The summed E-state index contributed by atoms with van der Waals surface area (Å²) >= 11 is 1.80. The van der Waals surface area contributed by atoms with E-state index in [4.69, 9.17) is 5.26 Å². The SMILES string of the molecule is N#Cc1cccc2c1NC(=O)C1CSCCN21. The topological polar surface area (TPSA) is 56.1 Å². The number of para-hydroxylation sites is 1. The van der Waals surface area contributed by atoms with Crippen molar-refractivity contribution in [1.29, 1.82) is 5.26 Å². The van der Waals surface area contributed by atoms with Crippen LogP contribution in [0.25, 0.3) is 0 Å². The van der Waals surface area contributed by atoms with E-state index in [9.17, 15) is 4.79 Å². The van der Waals surface area contributed by atoms with Crippen LogP contribution < -0.4 is 10.2 Å². The Labute approximate surface area is 104 Å². The fourth-order valence-corrected chi connectivity index (χ4v) is 3.37. The van der Waals surface area contributed by atoms with Crippen molar-refractivity contribution in [3.63, 3.8) is 0 Å². The number of nitrogens with one attached hydrogen (secondary N) is 1. The number of nitrogens with zero attached hydrogens (tertiary/aromatic N) is 2. The maximum atomic E-state index is 12.0. The van der Waals surface area contributed by atoms with Gasteiger partial charge in [-0.15, -0.1) is 0 Å². The number of rotatable bonds is 0. The lowest BCUT2D eigenvalue weighted by Crippen LogP contribution is -2.52. The molecule has 0 radical (unpaired) electrons. The maximum Gasteiger partial charge on any atom is 0.248 e. The van der Waals surface area contributed by atoms with Crippen LogP contribution in [0.3, 0.4) is 0 Å². The van der Waals surface area contributed by atoms with Gasteiger partial charge in [0, 0.05) is 18.1 Å². The minimum absolute atomic E-state index is 0.00685. The average Bonchev–Trinajstić information content (AvgIpc) is 2.39. The van der Waals surface area contributed by atoms with E-state index < -0.39 is 0 Å². The molecule has 0 saturated carbocycles.